The number of ether oxygens (including phenoxy) is 1. The summed E-state index contributed by atoms with van der Waals surface area (Å²) in [6.45, 7) is 3.66. The molecule has 2 heterocycles. The van der Waals surface area contributed by atoms with Crippen LogP contribution in [0.2, 0.25) is 0 Å². The Kier molecular flexibility index (Phi) is 4.91. The van der Waals surface area contributed by atoms with Crippen molar-refractivity contribution < 1.29 is 9.53 Å². The van der Waals surface area contributed by atoms with Crippen molar-refractivity contribution in [3.63, 3.8) is 0 Å². The molecule has 1 fully saturated rings. The molecule has 1 aromatic heterocycles. The average molecular weight is 365 g/mol. The third-order valence-corrected chi connectivity index (χ3v) is 5.01. The van der Waals surface area contributed by atoms with Gasteiger partial charge in [-0.05, 0) is 24.3 Å². The molecule has 27 heavy (non-hydrogen) atoms. The van der Waals surface area contributed by atoms with E-state index in [2.05, 4.69) is 21.3 Å². The Labute approximate surface area is 158 Å². The maximum absolute atomic E-state index is 12.6. The van der Waals surface area contributed by atoms with E-state index < -0.39 is 0 Å². The molecule has 1 aliphatic rings. The van der Waals surface area contributed by atoms with Gasteiger partial charge in [-0.15, -0.1) is 5.10 Å². The van der Waals surface area contributed by atoms with Gasteiger partial charge in [0.15, 0.2) is 0 Å². The first-order valence-electron chi connectivity index (χ1n) is 9.19. The SMILES string of the molecule is COc1cccc(N2CCN(C(=O)CCn3nnc4ccccc43)CC2)c1. The van der Waals surface area contributed by atoms with E-state index in [-0.39, 0.29) is 5.91 Å². The van der Waals surface area contributed by atoms with Crippen molar-refractivity contribution in [2.45, 2.75) is 13.0 Å². The molecule has 3 aromatic rings. The van der Waals surface area contributed by atoms with Crippen LogP contribution in [0.1, 0.15) is 6.42 Å². The van der Waals surface area contributed by atoms with Gasteiger partial charge in [-0.3, -0.25) is 4.79 Å². The van der Waals surface area contributed by atoms with Crippen LogP contribution in [0.4, 0.5) is 5.69 Å². The predicted octanol–water partition coefficient (Wildman–Crippen LogP) is 2.18. The first-order valence-corrected chi connectivity index (χ1v) is 9.19. The van der Waals surface area contributed by atoms with Gasteiger partial charge in [0.05, 0.1) is 19.2 Å². The molecule has 7 nitrogen and oxygen atoms in total. The highest BCUT2D eigenvalue weighted by atomic mass is 16.5. The minimum Gasteiger partial charge on any atom is -0.497 e. The maximum Gasteiger partial charge on any atom is 0.224 e. The monoisotopic (exact) mass is 365 g/mol. The average Bonchev–Trinajstić information content (AvgIpc) is 3.15. The van der Waals surface area contributed by atoms with Gasteiger partial charge in [-0.2, -0.15) is 0 Å². The highest BCUT2D eigenvalue weighted by molar-refractivity contribution is 5.77. The Morgan fingerprint density at radius 1 is 1.07 bits per heavy atom. The predicted molar refractivity (Wildman–Crippen MR) is 104 cm³/mol. The van der Waals surface area contributed by atoms with Gasteiger partial charge >= 0.3 is 0 Å². The standard InChI is InChI=1S/C20H23N5O2/c1-27-17-6-4-5-16(15-17)23-11-13-24(14-12-23)20(26)9-10-25-19-8-3-2-7-18(19)21-22-25/h2-8,15H,9-14H2,1H3. The molecule has 0 unspecified atom stereocenters. The number of nitrogens with zero attached hydrogens (tertiary/aromatic N) is 5. The van der Waals surface area contributed by atoms with Crippen molar-refractivity contribution >= 4 is 22.6 Å². The lowest BCUT2D eigenvalue weighted by molar-refractivity contribution is -0.131. The number of hydrogen-bond acceptors (Lipinski definition) is 5. The Balaban J connectivity index is 1.32. The number of methoxy groups -OCH3 is 1. The van der Waals surface area contributed by atoms with E-state index in [9.17, 15) is 4.79 Å². The van der Waals surface area contributed by atoms with Gasteiger partial charge in [0, 0.05) is 44.4 Å². The fourth-order valence-corrected chi connectivity index (χ4v) is 3.46. The van der Waals surface area contributed by atoms with E-state index in [0.717, 1.165) is 48.6 Å². The zero-order chi connectivity index (χ0) is 18.6. The highest BCUT2D eigenvalue weighted by Crippen LogP contribution is 2.22. The molecule has 0 aliphatic carbocycles. The third kappa shape index (κ3) is 3.72. The zero-order valence-electron chi connectivity index (χ0n) is 15.4. The van der Waals surface area contributed by atoms with Crippen molar-refractivity contribution in [2.24, 2.45) is 0 Å². The third-order valence-electron chi connectivity index (χ3n) is 5.01. The second-order valence-electron chi connectivity index (χ2n) is 6.62. The van der Waals surface area contributed by atoms with E-state index in [1.807, 2.05) is 47.4 Å². The number of fused-ring (bicyclic) bond motifs is 1. The molecule has 2 aromatic carbocycles. The molecule has 140 valence electrons. The van der Waals surface area contributed by atoms with E-state index >= 15 is 0 Å². The number of aromatic nitrogens is 3. The number of para-hydroxylation sites is 1. The fourth-order valence-electron chi connectivity index (χ4n) is 3.46. The van der Waals surface area contributed by atoms with Gasteiger partial charge in [-0.1, -0.05) is 23.4 Å². The quantitative estimate of drug-likeness (QED) is 0.693. The van der Waals surface area contributed by atoms with Crippen LogP contribution in [-0.4, -0.2) is 59.1 Å². The number of carbonyl (C=O) groups excluding carboxylic acids is 1. The lowest BCUT2D eigenvalue weighted by atomic mass is 10.2. The Morgan fingerprint density at radius 2 is 1.89 bits per heavy atom. The molecule has 7 heteroatoms. The van der Waals surface area contributed by atoms with Crippen LogP contribution in [0.3, 0.4) is 0 Å². The summed E-state index contributed by atoms with van der Waals surface area (Å²) in [5.74, 6) is 1.02. The zero-order valence-corrected chi connectivity index (χ0v) is 15.4. The summed E-state index contributed by atoms with van der Waals surface area (Å²) < 4.78 is 7.10. The molecule has 1 aliphatic heterocycles. The number of rotatable bonds is 5. The number of carbonyl (C=O) groups is 1. The van der Waals surface area contributed by atoms with Crippen LogP contribution >= 0.6 is 0 Å². The highest BCUT2D eigenvalue weighted by Gasteiger charge is 2.21. The molecule has 0 saturated carbocycles. The van der Waals surface area contributed by atoms with Gasteiger partial charge in [0.1, 0.15) is 11.3 Å². The number of hydrogen-bond donors (Lipinski definition) is 0. The maximum atomic E-state index is 12.6. The number of piperazine rings is 1. The summed E-state index contributed by atoms with van der Waals surface area (Å²) in [7, 11) is 1.67. The van der Waals surface area contributed by atoms with E-state index in [1.165, 1.54) is 0 Å². The molecule has 4 rings (SSSR count). The Hall–Kier alpha value is -3.09. The second kappa shape index (κ2) is 7.65. The number of amides is 1. The summed E-state index contributed by atoms with van der Waals surface area (Å²) in [5, 5.41) is 8.29. The van der Waals surface area contributed by atoms with E-state index in [1.54, 1.807) is 11.8 Å². The van der Waals surface area contributed by atoms with Gasteiger partial charge < -0.3 is 14.5 Å². The number of aryl methyl sites for hydroxylation is 1. The number of benzene rings is 2. The first-order chi connectivity index (χ1) is 13.2. The van der Waals surface area contributed by atoms with Gasteiger partial charge in [0.2, 0.25) is 5.91 Å². The summed E-state index contributed by atoms with van der Waals surface area (Å²) in [4.78, 5) is 16.8. The van der Waals surface area contributed by atoms with Crippen LogP contribution in [-0.2, 0) is 11.3 Å². The topological polar surface area (TPSA) is 63.5 Å². The first kappa shape index (κ1) is 17.3. The normalized spacial score (nSPS) is 14.6. The van der Waals surface area contributed by atoms with Crippen LogP contribution in [0.15, 0.2) is 48.5 Å². The van der Waals surface area contributed by atoms with Crippen molar-refractivity contribution in [3.05, 3.63) is 48.5 Å². The van der Waals surface area contributed by atoms with Crippen molar-refractivity contribution in [1.29, 1.82) is 0 Å². The molecule has 0 spiro atoms. The molecule has 0 radical (unpaired) electrons. The van der Waals surface area contributed by atoms with Crippen LogP contribution in [0.5, 0.6) is 5.75 Å². The summed E-state index contributed by atoms with van der Waals surface area (Å²) in [5.41, 5.74) is 2.96. The van der Waals surface area contributed by atoms with Crippen LogP contribution < -0.4 is 9.64 Å². The van der Waals surface area contributed by atoms with Gasteiger partial charge in [-0.25, -0.2) is 4.68 Å². The van der Waals surface area contributed by atoms with Crippen molar-refractivity contribution in [3.8, 4) is 5.75 Å². The second-order valence-corrected chi connectivity index (χ2v) is 6.62. The lowest BCUT2D eigenvalue weighted by Gasteiger charge is -2.36. The summed E-state index contributed by atoms with van der Waals surface area (Å²) in [6.07, 6.45) is 0.437. The lowest BCUT2D eigenvalue weighted by Crippen LogP contribution is -2.49. The van der Waals surface area contributed by atoms with Gasteiger partial charge in [0.25, 0.3) is 0 Å². The summed E-state index contributed by atoms with van der Waals surface area (Å²) in [6, 6.07) is 15.9. The van der Waals surface area contributed by atoms with Crippen LogP contribution in [0, 0.1) is 0 Å². The van der Waals surface area contributed by atoms with E-state index in [4.69, 9.17) is 4.74 Å². The largest absolute Gasteiger partial charge is 0.497 e. The Bertz CT molecular complexity index is 931. The summed E-state index contributed by atoms with van der Waals surface area (Å²) >= 11 is 0. The minimum atomic E-state index is 0.167. The molecular weight excluding hydrogens is 342 g/mol. The number of anilines is 1. The fraction of sp³-hybridized carbons (Fsp3) is 0.350. The molecular formula is C20H23N5O2. The smallest absolute Gasteiger partial charge is 0.224 e. The van der Waals surface area contributed by atoms with Crippen molar-refractivity contribution in [2.75, 3.05) is 38.2 Å². The van der Waals surface area contributed by atoms with Crippen LogP contribution in [0.25, 0.3) is 11.0 Å². The molecule has 0 bridgehead atoms. The molecule has 0 N–H and O–H groups in total. The molecule has 1 saturated heterocycles. The Morgan fingerprint density at radius 3 is 2.70 bits per heavy atom. The molecule has 0 atom stereocenters. The van der Waals surface area contributed by atoms with E-state index in [0.29, 0.717) is 13.0 Å². The minimum absolute atomic E-state index is 0.167. The molecule has 1 amide bonds. The van der Waals surface area contributed by atoms with Crippen molar-refractivity contribution in [1.82, 2.24) is 19.9 Å².